The highest BCUT2D eigenvalue weighted by molar-refractivity contribution is 7.93. The van der Waals surface area contributed by atoms with E-state index in [-0.39, 0.29) is 31.7 Å². The highest BCUT2D eigenvalue weighted by Crippen LogP contribution is 2.35. The number of likely N-dealkylation sites (N-methyl/N-ethyl adjacent to an activating group) is 2. The Hall–Kier alpha value is -6.35. The van der Waals surface area contributed by atoms with Gasteiger partial charge in [-0.05, 0) is 61.7 Å². The van der Waals surface area contributed by atoms with Gasteiger partial charge in [0.2, 0.25) is 35.9 Å². The Morgan fingerprint density at radius 1 is 1.03 bits per heavy atom. The molecule has 0 saturated carbocycles. The molecule has 2 heterocycles. The standard InChI is InChI=1S/C31H37N7O8.C8H10O.CH3FS/c1-19(36-18-39)30(43)35-15-28(41)37(2)17-27(40)34-16-29(42)38(3)24-11-20-5-7-23(8-6-20)46-26-12-21(9-10-33-31(24)44)22(14-32)13-25(26)45-4;1-7-3-5-8(9-2)6-4-7;1-3-2/h5-8,12-13,18-19,24H,9-11,15-17H2,1-4H3,(H,33,44)(H,34,40)(H,35,43)(H,36,39);3-6H,1-2H3;1H3/t19?,24-;;/m0../s1. The van der Waals surface area contributed by atoms with E-state index in [4.69, 9.17) is 14.2 Å². The predicted octanol–water partition coefficient (Wildman–Crippen LogP) is 2.46. The Labute approximate surface area is 342 Å². The largest absolute Gasteiger partial charge is 0.497 e. The number of hydrogen-bond acceptors (Lipinski definition) is 11. The molecule has 2 atom stereocenters. The molecule has 0 aliphatic carbocycles. The van der Waals surface area contributed by atoms with Gasteiger partial charge in [-0.1, -0.05) is 29.8 Å². The molecule has 0 aromatic heterocycles. The van der Waals surface area contributed by atoms with Crippen LogP contribution >= 0.6 is 12.1 Å². The summed E-state index contributed by atoms with van der Waals surface area (Å²) in [4.78, 5) is 75.9. The summed E-state index contributed by atoms with van der Waals surface area (Å²) in [7, 11) is 5.97. The van der Waals surface area contributed by atoms with E-state index in [1.54, 1.807) is 43.5 Å². The van der Waals surface area contributed by atoms with Crippen LogP contribution in [0.2, 0.25) is 0 Å². The molecule has 0 saturated heterocycles. The van der Waals surface area contributed by atoms with Crippen molar-refractivity contribution in [3.63, 3.8) is 0 Å². The van der Waals surface area contributed by atoms with Crippen molar-refractivity contribution in [3.8, 4) is 29.1 Å². The normalized spacial score (nSPS) is 13.3. The van der Waals surface area contributed by atoms with E-state index in [0.717, 1.165) is 16.2 Å². The number of hydrogen-bond donors (Lipinski definition) is 4. The molecular weight excluding hydrogens is 774 g/mol. The lowest BCUT2D eigenvalue weighted by Gasteiger charge is -2.28. The first kappa shape index (κ1) is 47.8. The molecule has 312 valence electrons. The average Bonchev–Trinajstić information content (AvgIpc) is 3.21. The van der Waals surface area contributed by atoms with Crippen LogP contribution in [0.15, 0.2) is 60.7 Å². The van der Waals surface area contributed by atoms with E-state index in [9.17, 15) is 37.9 Å². The number of benzene rings is 3. The van der Waals surface area contributed by atoms with Crippen molar-refractivity contribution in [2.75, 3.05) is 60.7 Å². The zero-order valence-electron chi connectivity index (χ0n) is 33.6. The lowest BCUT2D eigenvalue weighted by Crippen LogP contribution is -2.52. The molecule has 1 unspecified atom stereocenters. The van der Waals surface area contributed by atoms with Gasteiger partial charge in [-0.25, -0.2) is 0 Å². The molecule has 0 spiro atoms. The average molecular weight is 824 g/mol. The van der Waals surface area contributed by atoms with Gasteiger partial charge in [0, 0.05) is 51.5 Å². The van der Waals surface area contributed by atoms with Crippen molar-refractivity contribution in [1.29, 1.82) is 5.26 Å². The van der Waals surface area contributed by atoms with E-state index in [1.807, 2.05) is 24.3 Å². The fourth-order valence-electron chi connectivity index (χ4n) is 5.17. The summed E-state index contributed by atoms with van der Waals surface area (Å²) in [6.45, 7) is 2.47. The Bertz CT molecular complexity index is 1890. The van der Waals surface area contributed by atoms with E-state index < -0.39 is 54.7 Å². The molecule has 16 nitrogen and oxygen atoms in total. The quantitative estimate of drug-likeness (QED) is 0.195. The zero-order valence-corrected chi connectivity index (χ0v) is 34.4. The van der Waals surface area contributed by atoms with Gasteiger partial charge in [0.25, 0.3) is 0 Å². The number of carbonyl (C=O) groups is 6. The van der Waals surface area contributed by atoms with Crippen molar-refractivity contribution >= 4 is 48.1 Å². The molecule has 0 fully saturated rings. The second-order valence-corrected chi connectivity index (χ2v) is 13.0. The molecule has 58 heavy (non-hydrogen) atoms. The second kappa shape index (κ2) is 25.0. The van der Waals surface area contributed by atoms with E-state index in [0.29, 0.717) is 41.2 Å². The SMILES string of the molecule is COc1cc(C#N)c2cc1Oc1ccc(cc1)C[C@H](N(C)C(=O)CNC(=O)CN(C)C(=O)CNC(=O)C(C)NC=O)C(=O)NCC2.COc1ccc(C)cc1.CSF. The molecular formula is C40H50FN7O9S. The van der Waals surface area contributed by atoms with Crippen molar-refractivity contribution in [2.24, 2.45) is 0 Å². The molecule has 0 radical (unpaired) electrons. The number of rotatable bonds is 12. The third kappa shape index (κ3) is 15.7. The highest BCUT2D eigenvalue weighted by atomic mass is 32.2. The molecule has 18 heteroatoms. The number of halogens is 1. The van der Waals surface area contributed by atoms with Crippen LogP contribution in [0.3, 0.4) is 0 Å². The van der Waals surface area contributed by atoms with Gasteiger partial charge in [-0.3, -0.25) is 28.8 Å². The number of methoxy groups -OCH3 is 2. The van der Waals surface area contributed by atoms with Crippen LogP contribution in [0.5, 0.6) is 23.0 Å². The van der Waals surface area contributed by atoms with Gasteiger partial charge in [0.05, 0.1) is 45.5 Å². The zero-order chi connectivity index (χ0) is 43.2. The molecule has 5 rings (SSSR count). The number of carbonyl (C=O) groups excluding carboxylic acids is 6. The van der Waals surface area contributed by atoms with Crippen LogP contribution in [0.1, 0.15) is 29.2 Å². The summed E-state index contributed by atoms with van der Waals surface area (Å²) in [6, 6.07) is 18.6. The Kier molecular flexibility index (Phi) is 20.6. The summed E-state index contributed by atoms with van der Waals surface area (Å²) in [5, 5.41) is 19.6. The molecule has 3 aromatic carbocycles. The number of amides is 6. The topological polar surface area (TPSA) is 208 Å². The number of fused-ring (bicyclic) bond motifs is 7. The first-order valence-electron chi connectivity index (χ1n) is 17.9. The Morgan fingerprint density at radius 3 is 2.26 bits per heavy atom. The van der Waals surface area contributed by atoms with Gasteiger partial charge >= 0.3 is 0 Å². The minimum atomic E-state index is -0.926. The molecule has 3 aromatic rings. The fraction of sp³-hybridized carbons (Fsp3) is 0.375. The highest BCUT2D eigenvalue weighted by Gasteiger charge is 2.28. The molecule has 2 aliphatic heterocycles. The van der Waals surface area contributed by atoms with Crippen molar-refractivity contribution in [1.82, 2.24) is 31.1 Å². The number of nitrogens with one attached hydrogen (secondary N) is 4. The summed E-state index contributed by atoms with van der Waals surface area (Å²) < 4.78 is 26.6. The summed E-state index contributed by atoms with van der Waals surface area (Å²) in [5.41, 5.74) is 3.03. The minimum Gasteiger partial charge on any atom is -0.497 e. The summed E-state index contributed by atoms with van der Waals surface area (Å²) >= 11 is 0.250. The first-order valence-corrected chi connectivity index (χ1v) is 19.0. The molecule has 6 amide bonds. The smallest absolute Gasteiger partial charge is 0.243 e. The van der Waals surface area contributed by atoms with E-state index in [2.05, 4.69) is 34.3 Å². The number of nitrogens with zero attached hydrogens (tertiary/aromatic N) is 3. The van der Waals surface area contributed by atoms with Crippen molar-refractivity contribution in [2.45, 2.75) is 38.8 Å². The molecule has 2 aliphatic rings. The van der Waals surface area contributed by atoms with E-state index in [1.165, 1.54) is 44.8 Å². The van der Waals surface area contributed by atoms with Crippen LogP contribution in [0, 0.1) is 18.3 Å². The first-order chi connectivity index (χ1) is 27.7. The maximum Gasteiger partial charge on any atom is 0.243 e. The number of nitriles is 1. The van der Waals surface area contributed by atoms with Crippen LogP contribution in [-0.2, 0) is 41.6 Å². The minimum absolute atomic E-state index is 0.171. The third-order valence-electron chi connectivity index (χ3n) is 8.57. The lowest BCUT2D eigenvalue weighted by molar-refractivity contribution is -0.139. The van der Waals surface area contributed by atoms with Gasteiger partial charge in [-0.15, -0.1) is 0 Å². The lowest BCUT2D eigenvalue weighted by atomic mass is 10.0. The van der Waals surface area contributed by atoms with Gasteiger partial charge in [0.15, 0.2) is 11.5 Å². The second-order valence-electron chi connectivity index (χ2n) is 12.7. The Morgan fingerprint density at radius 2 is 1.67 bits per heavy atom. The maximum atomic E-state index is 13.4. The Balaban J connectivity index is 0.000000830. The third-order valence-corrected chi connectivity index (χ3v) is 8.57. The number of ether oxygens (including phenoxy) is 3. The van der Waals surface area contributed by atoms with E-state index >= 15 is 0 Å². The predicted molar refractivity (Wildman–Crippen MR) is 216 cm³/mol. The number of aryl methyl sites for hydroxylation is 1. The summed E-state index contributed by atoms with van der Waals surface area (Å²) in [5.74, 6) is -0.466. The van der Waals surface area contributed by atoms with Crippen LogP contribution < -0.4 is 35.5 Å². The van der Waals surface area contributed by atoms with Crippen LogP contribution in [0.4, 0.5) is 3.89 Å². The maximum absolute atomic E-state index is 13.4. The monoisotopic (exact) mass is 823 g/mol. The van der Waals surface area contributed by atoms with Gasteiger partial charge in [0.1, 0.15) is 23.6 Å². The fourth-order valence-corrected chi connectivity index (χ4v) is 5.17. The van der Waals surface area contributed by atoms with Crippen molar-refractivity contribution in [3.05, 3.63) is 82.9 Å². The molecule has 4 N–H and O–H groups in total. The van der Waals surface area contributed by atoms with Gasteiger partial charge in [-0.2, -0.15) is 9.15 Å². The van der Waals surface area contributed by atoms with Crippen LogP contribution in [0.25, 0.3) is 0 Å². The van der Waals surface area contributed by atoms with Gasteiger partial charge < -0.3 is 45.3 Å². The van der Waals surface area contributed by atoms with Crippen LogP contribution in [-0.4, -0.2) is 119 Å². The van der Waals surface area contributed by atoms with Crippen molar-refractivity contribution < 1.29 is 46.9 Å². The molecule has 4 bridgehead atoms. The summed E-state index contributed by atoms with van der Waals surface area (Å²) in [6.07, 6.45) is 2.23.